The zero-order valence-corrected chi connectivity index (χ0v) is 16.9. The van der Waals surface area contributed by atoms with E-state index in [4.69, 9.17) is 4.98 Å². The van der Waals surface area contributed by atoms with E-state index >= 15 is 0 Å². The minimum atomic E-state index is 0.0537. The first-order chi connectivity index (χ1) is 13.5. The Labute approximate surface area is 166 Å². The molecule has 2 aliphatic rings. The lowest BCUT2D eigenvalue weighted by atomic mass is 9.92. The zero-order chi connectivity index (χ0) is 19.3. The van der Waals surface area contributed by atoms with Gasteiger partial charge in [0.25, 0.3) is 0 Å². The van der Waals surface area contributed by atoms with Gasteiger partial charge in [0, 0.05) is 56.6 Å². The van der Waals surface area contributed by atoms with Crippen LogP contribution in [-0.2, 0) is 12.0 Å². The van der Waals surface area contributed by atoms with Gasteiger partial charge in [-0.25, -0.2) is 15.0 Å². The Bertz CT molecular complexity index is 941. The van der Waals surface area contributed by atoms with Gasteiger partial charge in [0.15, 0.2) is 0 Å². The van der Waals surface area contributed by atoms with Crippen molar-refractivity contribution in [2.24, 2.45) is 11.8 Å². The normalized spacial score (nSPS) is 22.9. The first-order valence-corrected chi connectivity index (χ1v) is 10.2. The molecule has 2 aliphatic heterocycles. The van der Waals surface area contributed by atoms with Crippen LogP contribution in [0.15, 0.2) is 43.0 Å². The number of aromatic nitrogens is 4. The number of likely N-dealkylation sites (tertiary alicyclic amines) is 1. The Balaban J connectivity index is 1.24. The standard InChI is InChI=1S/C22H28N6/c1-22(2,3)19-8-21(24-15-23-19)28-11-16-9-26(10-17(16)12-28)13-18-14-27-7-5-4-6-20(27)25-18/h4-8,14-17H,9-13H2,1-3H3. The van der Waals surface area contributed by atoms with E-state index in [1.165, 1.54) is 0 Å². The molecule has 28 heavy (non-hydrogen) atoms. The number of fused-ring (bicyclic) bond motifs is 2. The quantitative estimate of drug-likeness (QED) is 0.703. The van der Waals surface area contributed by atoms with E-state index in [1.807, 2.05) is 12.1 Å². The molecule has 146 valence electrons. The molecular formula is C22H28N6. The van der Waals surface area contributed by atoms with Crippen molar-refractivity contribution < 1.29 is 0 Å². The van der Waals surface area contributed by atoms with Crippen molar-refractivity contribution in [3.63, 3.8) is 0 Å². The molecule has 5 rings (SSSR count). The largest absolute Gasteiger partial charge is 0.356 e. The smallest absolute Gasteiger partial charge is 0.137 e. The summed E-state index contributed by atoms with van der Waals surface area (Å²) in [6.45, 7) is 12.0. The molecule has 3 aromatic rings. The summed E-state index contributed by atoms with van der Waals surface area (Å²) in [5.74, 6) is 2.51. The predicted octanol–water partition coefficient (Wildman–Crippen LogP) is 2.99. The highest BCUT2D eigenvalue weighted by Gasteiger charge is 2.40. The molecule has 0 N–H and O–H groups in total. The van der Waals surface area contributed by atoms with E-state index in [1.54, 1.807) is 6.33 Å². The highest BCUT2D eigenvalue weighted by Crippen LogP contribution is 2.34. The Morgan fingerprint density at radius 1 is 1.04 bits per heavy atom. The van der Waals surface area contributed by atoms with Crippen molar-refractivity contribution in [3.8, 4) is 0 Å². The van der Waals surface area contributed by atoms with E-state index in [2.05, 4.69) is 69.5 Å². The molecule has 2 fully saturated rings. The maximum absolute atomic E-state index is 4.76. The van der Waals surface area contributed by atoms with Gasteiger partial charge < -0.3 is 9.30 Å². The summed E-state index contributed by atoms with van der Waals surface area (Å²) in [4.78, 5) is 18.8. The minimum Gasteiger partial charge on any atom is -0.356 e. The summed E-state index contributed by atoms with van der Waals surface area (Å²) in [6.07, 6.45) is 5.94. The molecule has 0 bridgehead atoms. The molecular weight excluding hydrogens is 348 g/mol. The molecule has 0 saturated carbocycles. The zero-order valence-electron chi connectivity index (χ0n) is 16.9. The second-order valence-electron chi connectivity index (χ2n) is 9.33. The third kappa shape index (κ3) is 3.26. The highest BCUT2D eigenvalue weighted by molar-refractivity contribution is 5.42. The second-order valence-corrected chi connectivity index (χ2v) is 9.33. The highest BCUT2D eigenvalue weighted by atomic mass is 15.3. The third-order valence-electron chi connectivity index (χ3n) is 6.11. The van der Waals surface area contributed by atoms with Crippen LogP contribution in [0.3, 0.4) is 0 Å². The van der Waals surface area contributed by atoms with Crippen molar-refractivity contribution in [2.45, 2.75) is 32.7 Å². The van der Waals surface area contributed by atoms with Crippen LogP contribution in [0.4, 0.5) is 5.82 Å². The van der Waals surface area contributed by atoms with Gasteiger partial charge in [-0.1, -0.05) is 26.8 Å². The Kier molecular flexibility index (Phi) is 4.12. The SMILES string of the molecule is CC(C)(C)c1cc(N2CC3CN(Cc4cn5ccccc5n4)CC3C2)ncn1. The number of hydrogen-bond donors (Lipinski definition) is 0. The molecule has 0 aromatic carbocycles. The summed E-state index contributed by atoms with van der Waals surface area (Å²) in [7, 11) is 0. The fraction of sp³-hybridized carbons (Fsp3) is 0.500. The van der Waals surface area contributed by atoms with Crippen LogP contribution in [0, 0.1) is 11.8 Å². The monoisotopic (exact) mass is 376 g/mol. The van der Waals surface area contributed by atoms with Crippen LogP contribution < -0.4 is 4.90 Å². The van der Waals surface area contributed by atoms with E-state index in [0.29, 0.717) is 11.8 Å². The van der Waals surface area contributed by atoms with Gasteiger partial charge in [-0.2, -0.15) is 0 Å². The van der Waals surface area contributed by atoms with Crippen molar-refractivity contribution >= 4 is 11.5 Å². The molecule has 2 atom stereocenters. The molecule has 6 nitrogen and oxygen atoms in total. The summed E-state index contributed by atoms with van der Waals surface area (Å²) in [5, 5.41) is 0. The van der Waals surface area contributed by atoms with E-state index in [9.17, 15) is 0 Å². The summed E-state index contributed by atoms with van der Waals surface area (Å²) < 4.78 is 2.11. The van der Waals surface area contributed by atoms with E-state index < -0.39 is 0 Å². The van der Waals surface area contributed by atoms with E-state index in [-0.39, 0.29) is 5.41 Å². The minimum absolute atomic E-state index is 0.0537. The van der Waals surface area contributed by atoms with Crippen molar-refractivity contribution in [1.82, 2.24) is 24.3 Å². The van der Waals surface area contributed by atoms with Gasteiger partial charge >= 0.3 is 0 Å². The molecule has 3 aromatic heterocycles. The van der Waals surface area contributed by atoms with Crippen molar-refractivity contribution in [3.05, 3.63) is 54.4 Å². The van der Waals surface area contributed by atoms with E-state index in [0.717, 1.165) is 55.6 Å². The Morgan fingerprint density at radius 2 is 1.82 bits per heavy atom. The number of rotatable bonds is 3. The van der Waals surface area contributed by atoms with Gasteiger partial charge in [0.1, 0.15) is 17.8 Å². The Hall–Kier alpha value is -2.47. The first kappa shape index (κ1) is 17.6. The topological polar surface area (TPSA) is 49.6 Å². The maximum atomic E-state index is 4.76. The maximum Gasteiger partial charge on any atom is 0.137 e. The van der Waals surface area contributed by atoms with Crippen LogP contribution in [0.1, 0.15) is 32.2 Å². The van der Waals surface area contributed by atoms with Gasteiger partial charge in [-0.05, 0) is 24.0 Å². The molecule has 0 aliphatic carbocycles. The number of imidazole rings is 1. The first-order valence-electron chi connectivity index (χ1n) is 10.2. The molecule has 2 saturated heterocycles. The van der Waals surface area contributed by atoms with Crippen LogP contribution in [-0.4, -0.2) is 50.4 Å². The number of hydrogen-bond acceptors (Lipinski definition) is 5. The van der Waals surface area contributed by atoms with Gasteiger partial charge in [-0.3, -0.25) is 4.90 Å². The molecule has 0 radical (unpaired) electrons. The molecule has 2 unspecified atom stereocenters. The lowest BCUT2D eigenvalue weighted by Crippen LogP contribution is -2.29. The van der Waals surface area contributed by atoms with Gasteiger partial charge in [0.2, 0.25) is 0 Å². The fourth-order valence-corrected chi connectivity index (χ4v) is 4.63. The molecule has 6 heteroatoms. The van der Waals surface area contributed by atoms with Crippen molar-refractivity contribution in [2.75, 3.05) is 31.1 Å². The lowest BCUT2D eigenvalue weighted by Gasteiger charge is -2.24. The van der Waals surface area contributed by atoms with Gasteiger partial charge in [0.05, 0.1) is 11.4 Å². The third-order valence-corrected chi connectivity index (χ3v) is 6.11. The predicted molar refractivity (Wildman–Crippen MR) is 110 cm³/mol. The molecule has 0 spiro atoms. The fourth-order valence-electron chi connectivity index (χ4n) is 4.63. The number of pyridine rings is 1. The number of nitrogens with zero attached hydrogens (tertiary/aromatic N) is 6. The molecule has 0 amide bonds. The van der Waals surface area contributed by atoms with Crippen LogP contribution in [0.25, 0.3) is 5.65 Å². The van der Waals surface area contributed by atoms with Crippen molar-refractivity contribution in [1.29, 1.82) is 0 Å². The van der Waals surface area contributed by atoms with Crippen LogP contribution in [0.5, 0.6) is 0 Å². The second kappa shape index (κ2) is 6.55. The van der Waals surface area contributed by atoms with Crippen LogP contribution in [0.2, 0.25) is 0 Å². The van der Waals surface area contributed by atoms with Gasteiger partial charge in [-0.15, -0.1) is 0 Å². The Morgan fingerprint density at radius 3 is 2.54 bits per heavy atom. The average molecular weight is 377 g/mol. The molecule has 5 heterocycles. The average Bonchev–Trinajstić information content (AvgIpc) is 3.33. The van der Waals surface area contributed by atoms with Crippen LogP contribution >= 0.6 is 0 Å². The lowest BCUT2D eigenvalue weighted by molar-refractivity contribution is 0.305. The summed E-state index contributed by atoms with van der Waals surface area (Å²) in [6, 6.07) is 8.33. The summed E-state index contributed by atoms with van der Waals surface area (Å²) >= 11 is 0. The summed E-state index contributed by atoms with van der Waals surface area (Å²) in [5.41, 5.74) is 3.36. The number of anilines is 1.